The van der Waals surface area contributed by atoms with Crippen molar-refractivity contribution in [3.8, 4) is 11.5 Å². The van der Waals surface area contributed by atoms with Crippen LogP contribution in [0, 0.1) is 0 Å². The number of halogens is 1. The molecule has 17 heavy (non-hydrogen) atoms. The third kappa shape index (κ3) is 3.34. The summed E-state index contributed by atoms with van der Waals surface area (Å²) in [6.07, 6.45) is -0.171. The van der Waals surface area contributed by atoms with E-state index in [4.69, 9.17) is 20.3 Å². The molecule has 0 aliphatic rings. The smallest absolute Gasteiger partial charge is 0.305 e. The molecule has 1 atom stereocenters. The Labute approximate surface area is 108 Å². The predicted molar refractivity (Wildman–Crippen MR) is 66.4 cm³/mol. The molecule has 0 aliphatic carbocycles. The number of rotatable bonds is 5. The number of benzene rings is 1. The molecule has 0 bridgehead atoms. The number of aliphatic carboxylic acids is 1. The highest BCUT2D eigenvalue weighted by Crippen LogP contribution is 2.37. The van der Waals surface area contributed by atoms with Crippen molar-refractivity contribution in [3.63, 3.8) is 0 Å². The van der Waals surface area contributed by atoms with Gasteiger partial charge in [-0.3, -0.25) is 4.79 Å². The number of hydrogen-bond acceptors (Lipinski definition) is 4. The monoisotopic (exact) mass is 303 g/mol. The summed E-state index contributed by atoms with van der Waals surface area (Å²) in [5, 5.41) is 8.74. The Morgan fingerprint density at radius 3 is 2.59 bits per heavy atom. The minimum Gasteiger partial charge on any atom is -0.497 e. The summed E-state index contributed by atoms with van der Waals surface area (Å²) < 4.78 is 11.0. The van der Waals surface area contributed by atoms with Crippen molar-refractivity contribution in [2.24, 2.45) is 5.73 Å². The van der Waals surface area contributed by atoms with Crippen molar-refractivity contribution in [2.75, 3.05) is 14.2 Å². The summed E-state index contributed by atoms with van der Waals surface area (Å²) in [7, 11) is 3.03. The van der Waals surface area contributed by atoms with Crippen LogP contribution in [-0.2, 0) is 4.79 Å². The highest BCUT2D eigenvalue weighted by Gasteiger charge is 2.18. The Bertz CT molecular complexity index is 422. The quantitative estimate of drug-likeness (QED) is 0.869. The number of carbonyl (C=O) groups is 1. The molecular weight excluding hydrogens is 290 g/mol. The summed E-state index contributed by atoms with van der Waals surface area (Å²) in [6, 6.07) is 2.77. The van der Waals surface area contributed by atoms with Gasteiger partial charge < -0.3 is 20.3 Å². The zero-order valence-corrected chi connectivity index (χ0v) is 11.2. The topological polar surface area (TPSA) is 81.8 Å². The molecule has 0 radical (unpaired) electrons. The molecule has 0 saturated heterocycles. The fourth-order valence-corrected chi connectivity index (χ4v) is 2.11. The summed E-state index contributed by atoms with van der Waals surface area (Å²) in [5.74, 6) is 0.159. The van der Waals surface area contributed by atoms with Crippen LogP contribution in [0.3, 0.4) is 0 Å². The van der Waals surface area contributed by atoms with Crippen LogP contribution in [0.1, 0.15) is 18.0 Å². The maximum absolute atomic E-state index is 10.7. The van der Waals surface area contributed by atoms with Crippen molar-refractivity contribution in [3.05, 3.63) is 22.2 Å². The van der Waals surface area contributed by atoms with Crippen LogP contribution in [0.25, 0.3) is 0 Å². The molecule has 5 nitrogen and oxygen atoms in total. The molecule has 1 unspecified atom stereocenters. The lowest BCUT2D eigenvalue weighted by Crippen LogP contribution is -2.16. The average Bonchev–Trinajstić information content (AvgIpc) is 2.26. The summed E-state index contributed by atoms with van der Waals surface area (Å²) >= 11 is 3.33. The normalized spacial score (nSPS) is 12.0. The third-order valence-electron chi connectivity index (χ3n) is 2.28. The molecule has 0 spiro atoms. The molecule has 0 aromatic heterocycles. The van der Waals surface area contributed by atoms with Gasteiger partial charge in [-0.25, -0.2) is 0 Å². The molecule has 3 N–H and O–H groups in total. The van der Waals surface area contributed by atoms with Crippen molar-refractivity contribution < 1.29 is 19.4 Å². The van der Waals surface area contributed by atoms with Crippen LogP contribution in [0.15, 0.2) is 16.6 Å². The maximum atomic E-state index is 10.7. The van der Waals surface area contributed by atoms with Gasteiger partial charge in [0.2, 0.25) is 0 Å². The lowest BCUT2D eigenvalue weighted by atomic mass is 10.0. The van der Waals surface area contributed by atoms with E-state index >= 15 is 0 Å². The first-order valence-corrected chi connectivity index (χ1v) is 5.67. The number of carboxylic acids is 1. The van der Waals surface area contributed by atoms with Crippen LogP contribution in [-0.4, -0.2) is 25.3 Å². The van der Waals surface area contributed by atoms with E-state index in [0.29, 0.717) is 21.5 Å². The Balaban J connectivity index is 3.18. The van der Waals surface area contributed by atoms with E-state index in [-0.39, 0.29) is 6.42 Å². The first-order valence-electron chi connectivity index (χ1n) is 4.88. The zero-order valence-electron chi connectivity index (χ0n) is 9.57. The molecule has 0 saturated carbocycles. The molecule has 0 aliphatic heterocycles. The number of carboxylic acid groups (broad SMARTS) is 1. The van der Waals surface area contributed by atoms with Crippen molar-refractivity contribution in [1.82, 2.24) is 0 Å². The lowest BCUT2D eigenvalue weighted by molar-refractivity contribution is -0.137. The molecule has 1 aromatic rings. The first kappa shape index (κ1) is 13.8. The van der Waals surface area contributed by atoms with E-state index in [9.17, 15) is 4.79 Å². The van der Waals surface area contributed by atoms with Crippen LogP contribution in [0.5, 0.6) is 11.5 Å². The summed E-state index contributed by atoms with van der Waals surface area (Å²) in [6.45, 7) is 0. The van der Waals surface area contributed by atoms with Gasteiger partial charge in [0, 0.05) is 11.6 Å². The van der Waals surface area contributed by atoms with E-state index in [0.717, 1.165) is 0 Å². The van der Waals surface area contributed by atoms with Crippen LogP contribution in [0.2, 0.25) is 0 Å². The van der Waals surface area contributed by atoms with Crippen LogP contribution >= 0.6 is 15.9 Å². The summed E-state index contributed by atoms with van der Waals surface area (Å²) in [4.78, 5) is 10.7. The van der Waals surface area contributed by atoms with E-state index in [1.165, 1.54) is 14.2 Å². The van der Waals surface area contributed by atoms with E-state index in [1.54, 1.807) is 12.1 Å². The largest absolute Gasteiger partial charge is 0.497 e. The number of hydrogen-bond donors (Lipinski definition) is 2. The van der Waals surface area contributed by atoms with Gasteiger partial charge >= 0.3 is 5.97 Å². The summed E-state index contributed by atoms with van der Waals surface area (Å²) in [5.41, 5.74) is 6.43. The van der Waals surface area contributed by atoms with Gasteiger partial charge in [-0.05, 0) is 28.1 Å². The van der Waals surface area contributed by atoms with Crippen molar-refractivity contribution in [1.29, 1.82) is 0 Å². The Morgan fingerprint density at radius 2 is 2.12 bits per heavy atom. The number of methoxy groups -OCH3 is 2. The second-order valence-electron chi connectivity index (χ2n) is 3.44. The highest BCUT2D eigenvalue weighted by molar-refractivity contribution is 9.10. The SMILES string of the molecule is COc1cc(Br)c(OC)c(C(N)CC(=O)O)c1. The molecule has 94 valence electrons. The second-order valence-corrected chi connectivity index (χ2v) is 4.29. The second kappa shape index (κ2) is 5.88. The number of ether oxygens (including phenoxy) is 2. The lowest BCUT2D eigenvalue weighted by Gasteiger charge is -2.16. The fourth-order valence-electron chi connectivity index (χ4n) is 1.50. The molecule has 6 heteroatoms. The van der Waals surface area contributed by atoms with Gasteiger partial charge in [0.15, 0.2) is 0 Å². The van der Waals surface area contributed by atoms with Gasteiger partial charge in [-0.15, -0.1) is 0 Å². The van der Waals surface area contributed by atoms with Crippen molar-refractivity contribution >= 4 is 21.9 Å². The average molecular weight is 304 g/mol. The van der Waals surface area contributed by atoms with E-state index < -0.39 is 12.0 Å². The molecule has 0 amide bonds. The maximum Gasteiger partial charge on any atom is 0.305 e. The van der Waals surface area contributed by atoms with Crippen molar-refractivity contribution in [2.45, 2.75) is 12.5 Å². The molecule has 1 aromatic carbocycles. The van der Waals surface area contributed by atoms with Gasteiger partial charge in [0.25, 0.3) is 0 Å². The molecule has 0 fully saturated rings. The zero-order chi connectivity index (χ0) is 13.0. The first-order chi connectivity index (χ1) is 7.99. The molecular formula is C11H14BrNO4. The number of nitrogens with two attached hydrogens (primary N) is 1. The fraction of sp³-hybridized carbons (Fsp3) is 0.364. The molecule has 0 heterocycles. The minimum absolute atomic E-state index is 0.171. The highest BCUT2D eigenvalue weighted by atomic mass is 79.9. The Morgan fingerprint density at radius 1 is 1.47 bits per heavy atom. The van der Waals surface area contributed by atoms with Gasteiger partial charge in [0.1, 0.15) is 11.5 Å². The standard InChI is InChI=1S/C11H14BrNO4/c1-16-6-3-7(9(13)5-10(14)15)11(17-2)8(12)4-6/h3-4,9H,5,13H2,1-2H3,(H,14,15). The Kier molecular flexibility index (Phi) is 4.77. The van der Waals surface area contributed by atoms with Crippen LogP contribution in [0.4, 0.5) is 0 Å². The van der Waals surface area contributed by atoms with E-state index in [2.05, 4.69) is 15.9 Å². The van der Waals surface area contributed by atoms with Crippen LogP contribution < -0.4 is 15.2 Å². The van der Waals surface area contributed by atoms with Gasteiger partial charge in [0.05, 0.1) is 25.1 Å². The van der Waals surface area contributed by atoms with Gasteiger partial charge in [-0.2, -0.15) is 0 Å². The minimum atomic E-state index is -0.960. The molecule has 1 rings (SSSR count). The van der Waals surface area contributed by atoms with Gasteiger partial charge in [-0.1, -0.05) is 0 Å². The predicted octanol–water partition coefficient (Wildman–Crippen LogP) is 1.94. The van der Waals surface area contributed by atoms with E-state index in [1.807, 2.05) is 0 Å². The third-order valence-corrected chi connectivity index (χ3v) is 2.87. The Hall–Kier alpha value is -1.27.